The monoisotopic (exact) mass is 227 g/mol. The van der Waals surface area contributed by atoms with Crippen LogP contribution in [0.25, 0.3) is 0 Å². The van der Waals surface area contributed by atoms with E-state index >= 15 is 0 Å². The van der Waals surface area contributed by atoms with Gasteiger partial charge in [0.05, 0.1) is 0 Å². The molecule has 2 atom stereocenters. The molecule has 0 aromatic rings. The Hall–Kier alpha value is -0.120. The van der Waals surface area contributed by atoms with Gasteiger partial charge in [0.2, 0.25) is 0 Å². The first kappa shape index (κ1) is 13.9. The maximum absolute atomic E-state index is 6.34. The SMILES string of the molecule is CCCC(C)(N)CN1CCCC1CN(C)C. The van der Waals surface area contributed by atoms with Crippen LogP contribution < -0.4 is 5.73 Å². The molecule has 0 aromatic heterocycles. The van der Waals surface area contributed by atoms with E-state index in [4.69, 9.17) is 5.73 Å². The average Bonchev–Trinajstić information content (AvgIpc) is 2.50. The second-order valence-corrected chi connectivity index (χ2v) is 5.93. The molecule has 0 radical (unpaired) electrons. The predicted octanol–water partition coefficient (Wildman–Crippen LogP) is 1.53. The molecule has 1 aliphatic heterocycles. The van der Waals surface area contributed by atoms with Crippen molar-refractivity contribution in [1.82, 2.24) is 9.80 Å². The molecule has 1 heterocycles. The van der Waals surface area contributed by atoms with E-state index in [1.165, 1.54) is 32.4 Å². The van der Waals surface area contributed by atoms with Gasteiger partial charge >= 0.3 is 0 Å². The topological polar surface area (TPSA) is 32.5 Å². The second-order valence-electron chi connectivity index (χ2n) is 5.93. The standard InChI is InChI=1S/C13H29N3/c1-5-8-13(2,14)11-16-9-6-7-12(16)10-15(3)4/h12H,5-11,14H2,1-4H3. The van der Waals surface area contributed by atoms with Crippen LogP contribution in [0.2, 0.25) is 0 Å². The molecule has 0 aromatic carbocycles. The molecule has 0 amide bonds. The van der Waals surface area contributed by atoms with Gasteiger partial charge in [0.1, 0.15) is 0 Å². The van der Waals surface area contributed by atoms with E-state index in [-0.39, 0.29) is 5.54 Å². The fraction of sp³-hybridized carbons (Fsp3) is 1.00. The van der Waals surface area contributed by atoms with Crippen LogP contribution in [0.3, 0.4) is 0 Å². The van der Waals surface area contributed by atoms with Crippen molar-refractivity contribution in [3.8, 4) is 0 Å². The van der Waals surface area contributed by atoms with Crippen molar-refractivity contribution >= 4 is 0 Å². The summed E-state index contributed by atoms with van der Waals surface area (Å²) in [5.74, 6) is 0. The average molecular weight is 227 g/mol. The number of rotatable bonds is 6. The zero-order valence-corrected chi connectivity index (χ0v) is 11.5. The molecule has 1 saturated heterocycles. The van der Waals surface area contributed by atoms with Crippen LogP contribution in [0.4, 0.5) is 0 Å². The first-order valence-corrected chi connectivity index (χ1v) is 6.62. The van der Waals surface area contributed by atoms with Gasteiger partial charge < -0.3 is 10.6 Å². The van der Waals surface area contributed by atoms with Gasteiger partial charge in [-0.25, -0.2) is 0 Å². The summed E-state index contributed by atoms with van der Waals surface area (Å²) in [6.45, 7) is 7.87. The van der Waals surface area contributed by atoms with Gasteiger partial charge in [-0.15, -0.1) is 0 Å². The van der Waals surface area contributed by atoms with E-state index in [9.17, 15) is 0 Å². The van der Waals surface area contributed by atoms with Gasteiger partial charge in [-0.3, -0.25) is 4.90 Å². The lowest BCUT2D eigenvalue weighted by molar-refractivity contribution is 0.168. The Morgan fingerprint density at radius 2 is 2.12 bits per heavy atom. The lowest BCUT2D eigenvalue weighted by atomic mass is 9.96. The molecule has 1 fully saturated rings. The van der Waals surface area contributed by atoms with E-state index in [0.29, 0.717) is 0 Å². The Balaban J connectivity index is 2.45. The van der Waals surface area contributed by atoms with E-state index < -0.39 is 0 Å². The minimum absolute atomic E-state index is 0.0103. The highest BCUT2D eigenvalue weighted by molar-refractivity contribution is 4.89. The largest absolute Gasteiger partial charge is 0.324 e. The molecule has 3 heteroatoms. The first-order valence-electron chi connectivity index (χ1n) is 6.62. The quantitative estimate of drug-likeness (QED) is 0.747. The molecule has 0 spiro atoms. The predicted molar refractivity (Wildman–Crippen MR) is 70.6 cm³/mol. The number of nitrogens with two attached hydrogens (primary N) is 1. The molecular weight excluding hydrogens is 198 g/mol. The number of nitrogens with zero attached hydrogens (tertiary/aromatic N) is 2. The summed E-state index contributed by atoms with van der Waals surface area (Å²) in [5, 5.41) is 0. The summed E-state index contributed by atoms with van der Waals surface area (Å²) in [6, 6.07) is 0.717. The highest BCUT2D eigenvalue weighted by Gasteiger charge is 2.29. The van der Waals surface area contributed by atoms with Crippen molar-refractivity contribution in [1.29, 1.82) is 0 Å². The van der Waals surface area contributed by atoms with Crippen molar-refractivity contribution < 1.29 is 0 Å². The van der Waals surface area contributed by atoms with Crippen LogP contribution in [-0.2, 0) is 0 Å². The minimum atomic E-state index is -0.0103. The summed E-state index contributed by atoms with van der Waals surface area (Å²) in [4.78, 5) is 4.88. The molecule has 0 aliphatic carbocycles. The molecule has 0 saturated carbocycles. The van der Waals surface area contributed by atoms with Gasteiger partial charge in [0, 0.05) is 24.7 Å². The zero-order chi connectivity index (χ0) is 12.2. The number of likely N-dealkylation sites (N-methyl/N-ethyl adjacent to an activating group) is 1. The van der Waals surface area contributed by atoms with Crippen molar-refractivity contribution in [2.45, 2.75) is 51.1 Å². The van der Waals surface area contributed by atoms with Crippen LogP contribution in [0.15, 0.2) is 0 Å². The third kappa shape index (κ3) is 4.40. The Bertz CT molecular complexity index is 201. The van der Waals surface area contributed by atoms with Crippen LogP contribution in [0.5, 0.6) is 0 Å². The molecule has 16 heavy (non-hydrogen) atoms. The molecular formula is C13H29N3. The molecule has 0 bridgehead atoms. The Kier molecular flexibility index (Phi) is 5.22. The van der Waals surface area contributed by atoms with E-state index in [1.54, 1.807) is 0 Å². The van der Waals surface area contributed by atoms with Crippen LogP contribution in [-0.4, -0.2) is 55.1 Å². The Labute approximate surface area is 101 Å². The van der Waals surface area contributed by atoms with Crippen LogP contribution in [0, 0.1) is 0 Å². The molecule has 96 valence electrons. The van der Waals surface area contributed by atoms with Crippen molar-refractivity contribution in [2.24, 2.45) is 5.73 Å². The summed E-state index contributed by atoms with van der Waals surface area (Å²) in [5.41, 5.74) is 6.33. The summed E-state index contributed by atoms with van der Waals surface area (Å²) < 4.78 is 0. The maximum atomic E-state index is 6.34. The fourth-order valence-corrected chi connectivity index (χ4v) is 2.85. The Morgan fingerprint density at radius 3 is 2.69 bits per heavy atom. The number of hydrogen-bond acceptors (Lipinski definition) is 3. The molecule has 1 rings (SSSR count). The van der Waals surface area contributed by atoms with Gasteiger partial charge in [0.15, 0.2) is 0 Å². The third-order valence-electron chi connectivity index (χ3n) is 3.46. The van der Waals surface area contributed by atoms with Gasteiger partial charge in [-0.05, 0) is 46.8 Å². The summed E-state index contributed by atoms with van der Waals surface area (Å²) >= 11 is 0. The smallest absolute Gasteiger partial charge is 0.0254 e. The molecule has 2 unspecified atom stereocenters. The summed E-state index contributed by atoms with van der Waals surface area (Å²) in [7, 11) is 4.31. The normalized spacial score (nSPS) is 26.2. The molecule has 1 aliphatic rings. The van der Waals surface area contributed by atoms with Gasteiger partial charge in [-0.2, -0.15) is 0 Å². The lowest BCUT2D eigenvalue weighted by Crippen LogP contribution is -2.50. The fourth-order valence-electron chi connectivity index (χ4n) is 2.85. The molecule has 2 N–H and O–H groups in total. The van der Waals surface area contributed by atoms with E-state index in [2.05, 4.69) is 37.7 Å². The first-order chi connectivity index (χ1) is 7.44. The maximum Gasteiger partial charge on any atom is 0.0254 e. The van der Waals surface area contributed by atoms with Gasteiger partial charge in [-0.1, -0.05) is 13.3 Å². The van der Waals surface area contributed by atoms with Crippen molar-refractivity contribution in [3.63, 3.8) is 0 Å². The lowest BCUT2D eigenvalue weighted by Gasteiger charge is -2.34. The van der Waals surface area contributed by atoms with Crippen LogP contribution >= 0.6 is 0 Å². The van der Waals surface area contributed by atoms with E-state index in [1.807, 2.05) is 0 Å². The minimum Gasteiger partial charge on any atom is -0.324 e. The van der Waals surface area contributed by atoms with Crippen molar-refractivity contribution in [3.05, 3.63) is 0 Å². The highest BCUT2D eigenvalue weighted by atomic mass is 15.2. The second kappa shape index (κ2) is 5.99. The van der Waals surface area contributed by atoms with E-state index in [0.717, 1.165) is 19.0 Å². The van der Waals surface area contributed by atoms with Crippen LogP contribution in [0.1, 0.15) is 39.5 Å². The summed E-state index contributed by atoms with van der Waals surface area (Å²) in [6.07, 6.45) is 4.97. The third-order valence-corrected chi connectivity index (χ3v) is 3.46. The highest BCUT2D eigenvalue weighted by Crippen LogP contribution is 2.21. The van der Waals surface area contributed by atoms with Crippen molar-refractivity contribution in [2.75, 3.05) is 33.7 Å². The Morgan fingerprint density at radius 1 is 1.44 bits per heavy atom. The molecule has 3 nitrogen and oxygen atoms in total. The number of likely N-dealkylation sites (tertiary alicyclic amines) is 1. The number of hydrogen-bond donors (Lipinski definition) is 1. The van der Waals surface area contributed by atoms with Gasteiger partial charge in [0.25, 0.3) is 0 Å². The zero-order valence-electron chi connectivity index (χ0n) is 11.5.